The van der Waals surface area contributed by atoms with Gasteiger partial charge in [-0.25, -0.2) is 9.07 Å². The van der Waals surface area contributed by atoms with Crippen molar-refractivity contribution in [2.45, 2.75) is 19.4 Å². The van der Waals surface area contributed by atoms with Crippen molar-refractivity contribution in [3.05, 3.63) is 47.5 Å². The van der Waals surface area contributed by atoms with Gasteiger partial charge in [-0.1, -0.05) is 0 Å². The number of rotatable bonds is 3. The van der Waals surface area contributed by atoms with Gasteiger partial charge in [0.05, 0.1) is 11.8 Å². The van der Waals surface area contributed by atoms with Gasteiger partial charge in [-0.3, -0.25) is 4.79 Å². The Labute approximate surface area is 140 Å². The number of ether oxygens (including phenoxy) is 1. The first-order chi connectivity index (χ1) is 11.6. The van der Waals surface area contributed by atoms with Gasteiger partial charge in [-0.15, -0.1) is 0 Å². The molecule has 128 valence electrons. The Morgan fingerprint density at radius 3 is 3.04 bits per heavy atom. The molecule has 2 aromatic rings. The van der Waals surface area contributed by atoms with Crippen molar-refractivity contribution >= 4 is 5.91 Å². The minimum absolute atomic E-state index is 0.141. The number of halogens is 1. The summed E-state index contributed by atoms with van der Waals surface area (Å²) in [6.07, 6.45) is 2.35. The second-order valence-electron chi connectivity index (χ2n) is 5.91. The molecule has 1 aromatic heterocycles. The summed E-state index contributed by atoms with van der Waals surface area (Å²) in [7, 11) is 0. The average molecular weight is 332 g/mol. The molecule has 1 amide bonds. The number of aromatic nitrogens is 2. The van der Waals surface area contributed by atoms with E-state index in [4.69, 9.17) is 10.5 Å². The highest BCUT2D eigenvalue weighted by Gasteiger charge is 2.24. The van der Waals surface area contributed by atoms with Crippen LogP contribution in [-0.2, 0) is 4.74 Å². The lowest BCUT2D eigenvalue weighted by Crippen LogP contribution is -2.40. The number of carbonyl (C=O) groups excluding carboxylic acids is 1. The van der Waals surface area contributed by atoms with E-state index in [-0.39, 0.29) is 17.8 Å². The number of hydrogen-bond donors (Lipinski definition) is 1. The third kappa shape index (κ3) is 3.47. The Hall–Kier alpha value is -2.25. The molecule has 1 saturated heterocycles. The van der Waals surface area contributed by atoms with Crippen molar-refractivity contribution in [3.8, 4) is 5.69 Å². The van der Waals surface area contributed by atoms with Crippen molar-refractivity contribution in [2.24, 2.45) is 5.73 Å². The molecule has 1 fully saturated rings. The SMILES string of the molecule is Cc1cc(F)ccc1-n1ccc(C(=O)N2CCCOC(CN)C2)n1. The monoisotopic (exact) mass is 332 g/mol. The Morgan fingerprint density at radius 2 is 2.29 bits per heavy atom. The Morgan fingerprint density at radius 1 is 1.46 bits per heavy atom. The van der Waals surface area contributed by atoms with E-state index in [1.165, 1.54) is 12.1 Å². The molecule has 1 aromatic carbocycles. The minimum Gasteiger partial charge on any atom is -0.375 e. The molecule has 0 aliphatic carbocycles. The first-order valence-corrected chi connectivity index (χ1v) is 8.01. The molecule has 1 unspecified atom stereocenters. The van der Waals surface area contributed by atoms with Gasteiger partial charge in [-0.05, 0) is 43.2 Å². The van der Waals surface area contributed by atoms with E-state index in [0.717, 1.165) is 17.7 Å². The topological polar surface area (TPSA) is 73.4 Å². The molecule has 1 aliphatic rings. The highest BCUT2D eigenvalue weighted by atomic mass is 19.1. The predicted octanol–water partition coefficient (Wildman–Crippen LogP) is 1.51. The van der Waals surface area contributed by atoms with Gasteiger partial charge in [0.15, 0.2) is 5.69 Å². The Kier molecular flexibility index (Phi) is 4.92. The summed E-state index contributed by atoms with van der Waals surface area (Å²) in [4.78, 5) is 14.4. The van der Waals surface area contributed by atoms with Crippen LogP contribution >= 0.6 is 0 Å². The molecule has 2 N–H and O–H groups in total. The lowest BCUT2D eigenvalue weighted by Gasteiger charge is -2.22. The number of hydrogen-bond acceptors (Lipinski definition) is 4. The first kappa shape index (κ1) is 16.6. The summed E-state index contributed by atoms with van der Waals surface area (Å²) in [5, 5.41) is 4.36. The summed E-state index contributed by atoms with van der Waals surface area (Å²) in [5.74, 6) is -0.436. The first-order valence-electron chi connectivity index (χ1n) is 8.01. The van der Waals surface area contributed by atoms with Crippen molar-refractivity contribution < 1.29 is 13.9 Å². The number of benzene rings is 1. The van der Waals surface area contributed by atoms with E-state index in [2.05, 4.69) is 5.10 Å². The van der Waals surface area contributed by atoms with Gasteiger partial charge < -0.3 is 15.4 Å². The zero-order valence-corrected chi connectivity index (χ0v) is 13.6. The van der Waals surface area contributed by atoms with E-state index in [1.807, 2.05) is 0 Å². The van der Waals surface area contributed by atoms with Crippen molar-refractivity contribution in [1.29, 1.82) is 0 Å². The fraction of sp³-hybridized carbons (Fsp3) is 0.412. The minimum atomic E-state index is -0.294. The molecule has 0 saturated carbocycles. The van der Waals surface area contributed by atoms with Crippen molar-refractivity contribution in [3.63, 3.8) is 0 Å². The van der Waals surface area contributed by atoms with E-state index >= 15 is 0 Å². The summed E-state index contributed by atoms with van der Waals surface area (Å²) in [5.41, 5.74) is 7.53. The molecule has 6 nitrogen and oxygen atoms in total. The van der Waals surface area contributed by atoms with Crippen LogP contribution in [0.2, 0.25) is 0 Å². The van der Waals surface area contributed by atoms with Gasteiger partial charge >= 0.3 is 0 Å². The van der Waals surface area contributed by atoms with Gasteiger partial charge in [0, 0.05) is 32.4 Å². The van der Waals surface area contributed by atoms with E-state index in [9.17, 15) is 9.18 Å². The molecule has 1 aliphatic heterocycles. The maximum atomic E-state index is 13.2. The van der Waals surface area contributed by atoms with Crippen LogP contribution in [0.25, 0.3) is 5.69 Å². The molecule has 7 heteroatoms. The summed E-state index contributed by atoms with van der Waals surface area (Å²) in [6.45, 7) is 3.89. The fourth-order valence-electron chi connectivity index (χ4n) is 2.83. The number of nitrogens with zero attached hydrogens (tertiary/aromatic N) is 3. The van der Waals surface area contributed by atoms with Gasteiger partial charge in [0.25, 0.3) is 5.91 Å². The molecular formula is C17H21FN4O2. The van der Waals surface area contributed by atoms with Crippen LogP contribution in [0.15, 0.2) is 30.5 Å². The molecule has 24 heavy (non-hydrogen) atoms. The zero-order valence-electron chi connectivity index (χ0n) is 13.6. The molecular weight excluding hydrogens is 311 g/mol. The van der Waals surface area contributed by atoms with Crippen LogP contribution in [0.1, 0.15) is 22.5 Å². The molecule has 2 heterocycles. The summed E-state index contributed by atoms with van der Waals surface area (Å²) in [6, 6.07) is 6.14. The molecule has 0 bridgehead atoms. The lowest BCUT2D eigenvalue weighted by atomic mass is 10.2. The average Bonchev–Trinajstić information content (AvgIpc) is 2.92. The highest BCUT2D eigenvalue weighted by molar-refractivity contribution is 5.92. The second kappa shape index (κ2) is 7.11. The zero-order chi connectivity index (χ0) is 17.1. The van der Waals surface area contributed by atoms with Gasteiger partial charge in [0.1, 0.15) is 5.82 Å². The van der Waals surface area contributed by atoms with Crippen LogP contribution in [0.5, 0.6) is 0 Å². The van der Waals surface area contributed by atoms with E-state index in [1.54, 1.807) is 34.8 Å². The largest absolute Gasteiger partial charge is 0.375 e. The molecule has 3 rings (SSSR count). The number of carbonyl (C=O) groups is 1. The maximum Gasteiger partial charge on any atom is 0.274 e. The smallest absolute Gasteiger partial charge is 0.274 e. The lowest BCUT2D eigenvalue weighted by molar-refractivity contribution is 0.0517. The maximum absolute atomic E-state index is 13.2. The van der Waals surface area contributed by atoms with Crippen molar-refractivity contribution in [2.75, 3.05) is 26.2 Å². The van der Waals surface area contributed by atoms with Crippen LogP contribution in [-0.4, -0.2) is 52.9 Å². The van der Waals surface area contributed by atoms with E-state index in [0.29, 0.717) is 31.9 Å². The number of aryl methyl sites for hydroxylation is 1. The predicted molar refractivity (Wildman–Crippen MR) is 87.6 cm³/mol. The third-order valence-corrected chi connectivity index (χ3v) is 4.11. The van der Waals surface area contributed by atoms with Crippen molar-refractivity contribution in [1.82, 2.24) is 14.7 Å². The normalized spacial score (nSPS) is 18.5. The molecule has 0 spiro atoms. The fourth-order valence-corrected chi connectivity index (χ4v) is 2.83. The van der Waals surface area contributed by atoms with Crippen LogP contribution < -0.4 is 5.73 Å². The standard InChI is InChI=1S/C17H21FN4O2/c1-12-9-13(18)3-4-16(12)22-7-5-15(20-22)17(23)21-6-2-8-24-14(10-19)11-21/h3-5,7,9,14H,2,6,8,10-11,19H2,1H3. The Balaban J connectivity index is 1.80. The van der Waals surface area contributed by atoms with Crippen LogP contribution in [0, 0.1) is 12.7 Å². The highest BCUT2D eigenvalue weighted by Crippen LogP contribution is 2.16. The molecule has 1 atom stereocenters. The Bertz CT molecular complexity index is 731. The molecule has 0 radical (unpaired) electrons. The van der Waals surface area contributed by atoms with Gasteiger partial charge in [-0.2, -0.15) is 5.10 Å². The third-order valence-electron chi connectivity index (χ3n) is 4.11. The van der Waals surface area contributed by atoms with Crippen LogP contribution in [0.4, 0.5) is 4.39 Å². The van der Waals surface area contributed by atoms with E-state index < -0.39 is 0 Å². The summed E-state index contributed by atoms with van der Waals surface area (Å²) < 4.78 is 20.4. The second-order valence-corrected chi connectivity index (χ2v) is 5.91. The number of nitrogens with two attached hydrogens (primary N) is 1. The summed E-state index contributed by atoms with van der Waals surface area (Å²) >= 11 is 0. The quantitative estimate of drug-likeness (QED) is 0.925. The number of amides is 1. The van der Waals surface area contributed by atoms with Gasteiger partial charge in [0.2, 0.25) is 0 Å². The van der Waals surface area contributed by atoms with Crippen LogP contribution in [0.3, 0.4) is 0 Å².